The minimum Gasteiger partial charge on any atom is -0.496 e. The number of hydrogen-bond acceptors (Lipinski definition) is 7. The second-order valence-corrected chi connectivity index (χ2v) is 10.9. The van der Waals surface area contributed by atoms with Gasteiger partial charge in [-0.2, -0.15) is 0 Å². The molecule has 11 heteroatoms. The molecule has 2 atom stereocenters. The number of nitrogens with zero attached hydrogens (tertiary/aromatic N) is 4. The van der Waals surface area contributed by atoms with E-state index in [0.29, 0.717) is 35.5 Å². The van der Waals surface area contributed by atoms with Crippen molar-refractivity contribution >= 4 is 28.3 Å². The van der Waals surface area contributed by atoms with Crippen molar-refractivity contribution in [1.29, 1.82) is 0 Å². The van der Waals surface area contributed by atoms with Gasteiger partial charge in [-0.1, -0.05) is 19.9 Å². The largest absolute Gasteiger partial charge is 0.496 e. The number of anilines is 2. The van der Waals surface area contributed by atoms with Crippen LogP contribution in [0.3, 0.4) is 0 Å². The molecule has 1 saturated heterocycles. The molecule has 5 heterocycles. The van der Waals surface area contributed by atoms with Gasteiger partial charge in [-0.15, -0.1) is 0 Å². The lowest BCUT2D eigenvalue weighted by Gasteiger charge is -2.44. The quantitative estimate of drug-likeness (QED) is 0.384. The van der Waals surface area contributed by atoms with Crippen molar-refractivity contribution in [1.82, 2.24) is 19.9 Å². The van der Waals surface area contributed by atoms with Crippen molar-refractivity contribution in [2.45, 2.75) is 45.7 Å². The summed E-state index contributed by atoms with van der Waals surface area (Å²) in [6.07, 6.45) is 1.66. The predicted molar refractivity (Wildman–Crippen MR) is 153 cm³/mol. The van der Waals surface area contributed by atoms with Crippen LogP contribution in [0, 0.1) is 18.6 Å². The number of rotatable bonds is 4. The third-order valence-corrected chi connectivity index (χ3v) is 7.78. The average molecular weight is 561 g/mol. The van der Waals surface area contributed by atoms with Gasteiger partial charge in [0.05, 0.1) is 29.7 Å². The van der Waals surface area contributed by atoms with Gasteiger partial charge in [-0.25, -0.2) is 13.8 Å². The maximum atomic E-state index is 16.1. The van der Waals surface area contributed by atoms with E-state index in [4.69, 9.17) is 4.74 Å². The monoisotopic (exact) mass is 560 g/mol. The molecule has 0 unspecified atom stereocenters. The second-order valence-electron chi connectivity index (χ2n) is 10.9. The molecule has 0 spiro atoms. The van der Waals surface area contributed by atoms with Gasteiger partial charge in [0.1, 0.15) is 29.0 Å². The number of carbonyl (C=O) groups is 1. The van der Waals surface area contributed by atoms with E-state index >= 15 is 8.78 Å². The zero-order chi connectivity index (χ0) is 29.2. The molecule has 41 heavy (non-hydrogen) atoms. The van der Waals surface area contributed by atoms with Gasteiger partial charge < -0.3 is 20.3 Å². The number of amides is 1. The highest BCUT2D eigenvalue weighted by Crippen LogP contribution is 2.41. The van der Waals surface area contributed by atoms with Crippen LogP contribution >= 0.6 is 0 Å². The number of aromatic nitrogens is 3. The molecule has 3 aromatic heterocycles. The number of hydrogen-bond donors (Lipinski definition) is 2. The van der Waals surface area contributed by atoms with Crippen LogP contribution < -0.4 is 25.8 Å². The Morgan fingerprint density at radius 1 is 1.12 bits per heavy atom. The first kappa shape index (κ1) is 26.8. The fraction of sp³-hybridized carbons (Fsp3) is 0.333. The summed E-state index contributed by atoms with van der Waals surface area (Å²) in [7, 11) is 1.37. The van der Waals surface area contributed by atoms with Crippen molar-refractivity contribution in [3.8, 4) is 22.7 Å². The van der Waals surface area contributed by atoms with Crippen LogP contribution in [0.5, 0.6) is 5.75 Å². The molecule has 1 aromatic carbocycles. The Kier molecular flexibility index (Phi) is 6.49. The van der Waals surface area contributed by atoms with Gasteiger partial charge in [-0.3, -0.25) is 19.1 Å². The third-order valence-electron chi connectivity index (χ3n) is 7.78. The first-order chi connectivity index (χ1) is 19.6. The van der Waals surface area contributed by atoms with E-state index in [1.165, 1.54) is 35.9 Å². The number of nitrogens with one attached hydrogen (secondary N) is 2. The van der Waals surface area contributed by atoms with Crippen LogP contribution in [-0.2, 0) is 4.79 Å². The summed E-state index contributed by atoms with van der Waals surface area (Å²) in [6.45, 7) is 8.49. The summed E-state index contributed by atoms with van der Waals surface area (Å²) >= 11 is 0. The highest BCUT2D eigenvalue weighted by atomic mass is 19.1. The van der Waals surface area contributed by atoms with Gasteiger partial charge in [0.25, 0.3) is 5.56 Å². The number of pyridine rings is 3. The maximum absolute atomic E-state index is 16.1. The van der Waals surface area contributed by atoms with E-state index in [1.807, 2.05) is 32.6 Å². The van der Waals surface area contributed by atoms with Crippen LogP contribution in [0.2, 0.25) is 0 Å². The standard InChI is InChI=1S/C30H30F2N6O3/c1-14(2)23-26(15(3)9-10-33-23)38-28-17(11-19(32)24(35-28)22-18(31)7-6-8-21(22)41-5)27-25(30(38)40)36-29(39)20-12-34-16(4)13-37(20)27/h6-11,14,16,20,34H,12-13H2,1-5H3,(H,36,39)/t16-,20-/m1/s1. The van der Waals surface area contributed by atoms with Crippen LogP contribution in [0.4, 0.5) is 20.2 Å². The Balaban J connectivity index is 1.79. The zero-order valence-corrected chi connectivity index (χ0v) is 23.4. The summed E-state index contributed by atoms with van der Waals surface area (Å²) < 4.78 is 38.0. The van der Waals surface area contributed by atoms with Crippen molar-refractivity contribution in [2.75, 3.05) is 30.4 Å². The van der Waals surface area contributed by atoms with Crippen LogP contribution in [0.1, 0.15) is 37.9 Å². The van der Waals surface area contributed by atoms with Crippen LogP contribution in [-0.4, -0.2) is 52.7 Å². The molecule has 0 bridgehead atoms. The molecule has 2 aliphatic heterocycles. The van der Waals surface area contributed by atoms with Crippen LogP contribution in [0.25, 0.3) is 28.0 Å². The highest BCUT2D eigenvalue weighted by Gasteiger charge is 2.40. The summed E-state index contributed by atoms with van der Waals surface area (Å²) in [5, 5.41) is 6.41. The van der Waals surface area contributed by atoms with Gasteiger partial charge >= 0.3 is 0 Å². The Hall–Kier alpha value is -4.38. The maximum Gasteiger partial charge on any atom is 0.282 e. The lowest BCUT2D eigenvalue weighted by Crippen LogP contribution is -2.62. The number of ether oxygens (including phenoxy) is 1. The first-order valence-electron chi connectivity index (χ1n) is 13.5. The smallest absolute Gasteiger partial charge is 0.282 e. The molecular weight excluding hydrogens is 530 g/mol. The SMILES string of the molecule is COc1cccc(F)c1-c1nc2c(cc1F)c1c(c(=O)n2-c2c(C)ccnc2C(C)C)NC(=O)[C@H]2CN[C@H](C)CN12. The molecule has 0 saturated carbocycles. The predicted octanol–water partition coefficient (Wildman–Crippen LogP) is 4.29. The number of carbonyl (C=O) groups excluding carboxylic acids is 1. The van der Waals surface area contributed by atoms with E-state index in [0.717, 1.165) is 5.56 Å². The molecule has 2 aliphatic rings. The molecular formula is C30H30F2N6O3. The number of fused-ring (bicyclic) bond motifs is 5. The zero-order valence-electron chi connectivity index (χ0n) is 23.4. The third kappa shape index (κ3) is 4.14. The topological polar surface area (TPSA) is 101 Å². The molecule has 6 rings (SSSR count). The fourth-order valence-corrected chi connectivity index (χ4v) is 5.85. The van der Waals surface area contributed by atoms with E-state index < -0.39 is 23.2 Å². The molecule has 4 aromatic rings. The fourth-order valence-electron chi connectivity index (χ4n) is 5.85. The van der Waals surface area contributed by atoms with E-state index in [-0.39, 0.29) is 46.2 Å². The lowest BCUT2D eigenvalue weighted by molar-refractivity contribution is -0.117. The molecule has 0 aliphatic carbocycles. The number of piperazine rings is 1. The lowest BCUT2D eigenvalue weighted by atomic mass is 10.00. The molecule has 2 N–H and O–H groups in total. The number of aryl methyl sites for hydroxylation is 1. The normalized spacial score (nSPS) is 18.3. The molecule has 1 amide bonds. The van der Waals surface area contributed by atoms with Gasteiger partial charge in [0.15, 0.2) is 11.5 Å². The van der Waals surface area contributed by atoms with Gasteiger partial charge in [0, 0.05) is 30.7 Å². The van der Waals surface area contributed by atoms with Gasteiger partial charge in [-0.05, 0) is 49.6 Å². The Bertz CT molecular complexity index is 1790. The molecule has 0 radical (unpaired) electrons. The average Bonchev–Trinajstić information content (AvgIpc) is 2.93. The van der Waals surface area contributed by atoms with Gasteiger partial charge in [0.2, 0.25) is 5.91 Å². The Labute approximate surface area is 235 Å². The van der Waals surface area contributed by atoms with E-state index in [9.17, 15) is 9.59 Å². The Morgan fingerprint density at radius 2 is 1.90 bits per heavy atom. The minimum absolute atomic E-state index is 0.00958. The molecule has 9 nitrogen and oxygen atoms in total. The summed E-state index contributed by atoms with van der Waals surface area (Å²) in [5.74, 6) is -1.82. The number of halogens is 2. The first-order valence-corrected chi connectivity index (χ1v) is 13.5. The number of methoxy groups -OCH3 is 1. The summed E-state index contributed by atoms with van der Waals surface area (Å²) in [4.78, 5) is 38.7. The summed E-state index contributed by atoms with van der Waals surface area (Å²) in [6, 6.07) is 6.64. The molecule has 212 valence electrons. The van der Waals surface area contributed by atoms with Crippen molar-refractivity contribution in [3.05, 3.63) is 69.8 Å². The van der Waals surface area contributed by atoms with Crippen molar-refractivity contribution < 1.29 is 18.3 Å². The van der Waals surface area contributed by atoms with E-state index in [1.54, 1.807) is 12.3 Å². The summed E-state index contributed by atoms with van der Waals surface area (Å²) in [5.41, 5.74) is 1.42. The number of benzene rings is 1. The minimum atomic E-state index is -0.795. The van der Waals surface area contributed by atoms with E-state index in [2.05, 4.69) is 20.6 Å². The second kappa shape index (κ2) is 9.91. The highest BCUT2D eigenvalue weighted by molar-refractivity contribution is 6.10. The van der Waals surface area contributed by atoms with Crippen molar-refractivity contribution in [2.24, 2.45) is 0 Å². The Morgan fingerprint density at radius 3 is 2.63 bits per heavy atom. The molecule has 1 fully saturated rings. The van der Waals surface area contributed by atoms with Crippen molar-refractivity contribution in [3.63, 3.8) is 0 Å². The van der Waals surface area contributed by atoms with Crippen LogP contribution in [0.15, 0.2) is 41.3 Å².